The van der Waals surface area contributed by atoms with Gasteiger partial charge in [0.05, 0.1) is 13.1 Å². The van der Waals surface area contributed by atoms with Gasteiger partial charge >= 0.3 is 6.09 Å². The number of amides is 4. The minimum Gasteiger partial charge on any atom is -0.444 e. The summed E-state index contributed by atoms with van der Waals surface area (Å²) in [4.78, 5) is 44.1. The molecule has 0 aliphatic rings. The van der Waals surface area contributed by atoms with Crippen molar-refractivity contribution in [2.45, 2.75) is 26.4 Å². The highest BCUT2D eigenvalue weighted by atomic mass is 16.6. The number of hydrogen-bond donors (Lipinski definition) is 4. The Labute approximate surface area is 116 Å². The molecule has 5 N–H and O–H groups in total. The Balaban J connectivity index is 3.81. The van der Waals surface area contributed by atoms with Crippen LogP contribution in [0.15, 0.2) is 0 Å². The van der Waals surface area contributed by atoms with Crippen molar-refractivity contribution in [2.75, 3.05) is 19.6 Å². The third kappa shape index (κ3) is 10.8. The molecule has 0 unspecified atom stereocenters. The Kier molecular flexibility index (Phi) is 7.05. The topological polar surface area (TPSA) is 140 Å². The molecule has 0 radical (unpaired) electrons. The molecule has 9 heteroatoms. The lowest BCUT2D eigenvalue weighted by Gasteiger charge is -2.19. The zero-order valence-corrected chi connectivity index (χ0v) is 11.7. The second-order valence-corrected chi connectivity index (χ2v) is 4.88. The van der Waals surface area contributed by atoms with Gasteiger partial charge in [-0.1, -0.05) is 0 Å². The maximum atomic E-state index is 11.3. The molecule has 0 aromatic carbocycles. The summed E-state index contributed by atoms with van der Waals surface area (Å²) in [6, 6.07) is 0. The molecule has 0 heterocycles. The minimum absolute atomic E-state index is 0.301. The lowest BCUT2D eigenvalue weighted by Crippen LogP contribution is -2.44. The van der Waals surface area contributed by atoms with E-state index >= 15 is 0 Å². The van der Waals surface area contributed by atoms with Crippen LogP contribution in [-0.2, 0) is 19.1 Å². The Morgan fingerprint density at radius 1 is 0.900 bits per heavy atom. The number of carbonyl (C=O) groups is 4. The first-order valence-electron chi connectivity index (χ1n) is 5.88. The van der Waals surface area contributed by atoms with Crippen molar-refractivity contribution in [2.24, 2.45) is 5.73 Å². The summed E-state index contributed by atoms with van der Waals surface area (Å²) in [6.07, 6.45) is -0.731. The van der Waals surface area contributed by atoms with Crippen molar-refractivity contribution < 1.29 is 23.9 Å². The molecular weight excluding hydrogens is 268 g/mol. The zero-order valence-electron chi connectivity index (χ0n) is 11.7. The first kappa shape index (κ1) is 17.7. The molecule has 0 aromatic heterocycles. The van der Waals surface area contributed by atoms with Gasteiger partial charge in [-0.05, 0) is 20.8 Å². The summed E-state index contributed by atoms with van der Waals surface area (Å²) in [7, 11) is 0. The van der Waals surface area contributed by atoms with Gasteiger partial charge in [-0.2, -0.15) is 0 Å². The number of carbonyl (C=O) groups excluding carboxylic acids is 4. The molecule has 20 heavy (non-hydrogen) atoms. The van der Waals surface area contributed by atoms with Crippen molar-refractivity contribution in [3.8, 4) is 0 Å². The lowest BCUT2D eigenvalue weighted by molar-refractivity contribution is -0.126. The van der Waals surface area contributed by atoms with E-state index in [0.717, 1.165) is 0 Å². The van der Waals surface area contributed by atoms with Crippen LogP contribution in [0.1, 0.15) is 20.8 Å². The normalized spacial score (nSPS) is 10.3. The SMILES string of the molecule is CC(C)(C)OC(=O)NCC(=O)NCC(=O)NCC(N)=O. The molecule has 114 valence electrons. The van der Waals surface area contributed by atoms with Gasteiger partial charge in [0.2, 0.25) is 17.7 Å². The molecule has 0 rings (SSSR count). The molecule has 0 aliphatic carbocycles. The van der Waals surface area contributed by atoms with E-state index in [0.29, 0.717) is 0 Å². The fraction of sp³-hybridized carbons (Fsp3) is 0.636. The van der Waals surface area contributed by atoms with Gasteiger partial charge in [-0.25, -0.2) is 4.79 Å². The largest absolute Gasteiger partial charge is 0.444 e. The first-order valence-corrected chi connectivity index (χ1v) is 5.88. The first-order chi connectivity index (χ1) is 9.10. The minimum atomic E-state index is -0.731. The monoisotopic (exact) mass is 288 g/mol. The fourth-order valence-electron chi connectivity index (χ4n) is 0.956. The van der Waals surface area contributed by atoms with Crippen molar-refractivity contribution in [1.29, 1.82) is 0 Å². The van der Waals surface area contributed by atoms with Crippen LogP contribution in [0.4, 0.5) is 4.79 Å². The van der Waals surface area contributed by atoms with E-state index in [9.17, 15) is 19.2 Å². The highest BCUT2D eigenvalue weighted by molar-refractivity contribution is 5.89. The van der Waals surface area contributed by atoms with Gasteiger partial charge in [0.15, 0.2) is 0 Å². The number of rotatable bonds is 6. The second kappa shape index (κ2) is 7.97. The lowest BCUT2D eigenvalue weighted by atomic mass is 10.2. The van der Waals surface area contributed by atoms with Crippen LogP contribution in [0.2, 0.25) is 0 Å². The number of alkyl carbamates (subject to hydrolysis) is 1. The van der Waals surface area contributed by atoms with Crippen molar-refractivity contribution in [1.82, 2.24) is 16.0 Å². The van der Waals surface area contributed by atoms with Crippen LogP contribution in [-0.4, -0.2) is 49.1 Å². The summed E-state index contributed by atoms with van der Waals surface area (Å²) in [5.41, 5.74) is 4.17. The van der Waals surface area contributed by atoms with E-state index in [1.165, 1.54) is 0 Å². The average Bonchev–Trinajstić information content (AvgIpc) is 2.29. The van der Waals surface area contributed by atoms with Crippen LogP contribution < -0.4 is 21.7 Å². The quantitative estimate of drug-likeness (QED) is 0.458. The van der Waals surface area contributed by atoms with E-state index in [1.54, 1.807) is 20.8 Å². The van der Waals surface area contributed by atoms with Gasteiger partial charge in [-0.15, -0.1) is 0 Å². The zero-order chi connectivity index (χ0) is 15.8. The van der Waals surface area contributed by atoms with Crippen molar-refractivity contribution in [3.05, 3.63) is 0 Å². The van der Waals surface area contributed by atoms with E-state index in [4.69, 9.17) is 10.5 Å². The van der Waals surface area contributed by atoms with Gasteiger partial charge in [0.25, 0.3) is 0 Å². The maximum absolute atomic E-state index is 11.3. The van der Waals surface area contributed by atoms with Crippen molar-refractivity contribution in [3.63, 3.8) is 0 Å². The third-order valence-electron chi connectivity index (χ3n) is 1.70. The van der Waals surface area contributed by atoms with Gasteiger partial charge in [-0.3, -0.25) is 14.4 Å². The number of nitrogens with two attached hydrogens (primary N) is 1. The molecule has 0 fully saturated rings. The molecule has 0 atom stereocenters. The summed E-state index contributed by atoms with van der Waals surface area (Å²) in [5, 5.41) is 6.68. The summed E-state index contributed by atoms with van der Waals surface area (Å²) < 4.78 is 4.92. The Bertz CT molecular complexity index is 389. The second-order valence-electron chi connectivity index (χ2n) is 4.88. The molecule has 0 spiro atoms. The Morgan fingerprint density at radius 3 is 1.80 bits per heavy atom. The van der Waals surface area contributed by atoms with Gasteiger partial charge in [0, 0.05) is 0 Å². The predicted molar refractivity (Wildman–Crippen MR) is 69.5 cm³/mol. The molecule has 0 aliphatic heterocycles. The highest BCUT2D eigenvalue weighted by Crippen LogP contribution is 2.05. The number of primary amides is 1. The standard InChI is InChI=1S/C11H20N4O5/c1-11(2,3)20-10(19)15-6-9(18)14-5-8(17)13-4-7(12)16/h4-6H2,1-3H3,(H2,12,16)(H,13,17)(H,14,18)(H,15,19). The molecule has 0 saturated heterocycles. The number of hydrogen-bond acceptors (Lipinski definition) is 5. The molecule has 4 amide bonds. The highest BCUT2D eigenvalue weighted by Gasteiger charge is 2.16. The van der Waals surface area contributed by atoms with Gasteiger partial charge < -0.3 is 26.4 Å². The summed E-state index contributed by atoms with van der Waals surface area (Å²) in [6.45, 7) is 4.13. The van der Waals surface area contributed by atoms with Crippen LogP contribution >= 0.6 is 0 Å². The van der Waals surface area contributed by atoms with Crippen LogP contribution in [0, 0.1) is 0 Å². The maximum Gasteiger partial charge on any atom is 0.408 e. The van der Waals surface area contributed by atoms with E-state index in [-0.39, 0.29) is 19.6 Å². The van der Waals surface area contributed by atoms with Gasteiger partial charge in [0.1, 0.15) is 12.1 Å². The van der Waals surface area contributed by atoms with E-state index in [2.05, 4.69) is 16.0 Å². The van der Waals surface area contributed by atoms with Crippen LogP contribution in [0.5, 0.6) is 0 Å². The van der Waals surface area contributed by atoms with Crippen LogP contribution in [0.25, 0.3) is 0 Å². The fourth-order valence-corrected chi connectivity index (χ4v) is 0.956. The number of nitrogens with one attached hydrogen (secondary N) is 3. The summed E-state index contributed by atoms with van der Waals surface area (Å²) in [5.74, 6) is -1.81. The summed E-state index contributed by atoms with van der Waals surface area (Å²) >= 11 is 0. The average molecular weight is 288 g/mol. The molecule has 0 bridgehead atoms. The molecule has 0 saturated carbocycles. The predicted octanol–water partition coefficient (Wildman–Crippen LogP) is -1.77. The van der Waals surface area contributed by atoms with E-state index < -0.39 is 29.4 Å². The van der Waals surface area contributed by atoms with Crippen LogP contribution in [0.3, 0.4) is 0 Å². The smallest absolute Gasteiger partial charge is 0.408 e. The molecule has 9 nitrogen and oxygen atoms in total. The third-order valence-corrected chi connectivity index (χ3v) is 1.70. The number of ether oxygens (including phenoxy) is 1. The Morgan fingerprint density at radius 2 is 1.35 bits per heavy atom. The Hall–Kier alpha value is -2.32. The van der Waals surface area contributed by atoms with Crippen molar-refractivity contribution >= 4 is 23.8 Å². The molecule has 0 aromatic rings. The van der Waals surface area contributed by atoms with E-state index in [1.807, 2.05) is 0 Å². The molecular formula is C11H20N4O5.